The number of para-hydroxylation sites is 1. The number of nitrogens with one attached hydrogen (secondary N) is 1. The van der Waals surface area contributed by atoms with Crippen LogP contribution in [0.15, 0.2) is 59.6 Å². The van der Waals surface area contributed by atoms with Crippen LogP contribution in [-0.4, -0.2) is 35.7 Å². The van der Waals surface area contributed by atoms with E-state index in [9.17, 15) is 4.79 Å². The number of benzene rings is 2. The van der Waals surface area contributed by atoms with Crippen molar-refractivity contribution < 1.29 is 14.3 Å². The third kappa shape index (κ3) is 4.67. The predicted octanol–water partition coefficient (Wildman–Crippen LogP) is 3.99. The summed E-state index contributed by atoms with van der Waals surface area (Å²) in [5.41, 5.74) is 2.07. The molecule has 0 unspecified atom stereocenters. The van der Waals surface area contributed by atoms with Gasteiger partial charge in [-0.15, -0.1) is 11.8 Å². The molecule has 1 amide bonds. The summed E-state index contributed by atoms with van der Waals surface area (Å²) < 4.78 is 12.6. The first-order chi connectivity index (χ1) is 13.6. The molecule has 0 aliphatic heterocycles. The minimum absolute atomic E-state index is 0.0763. The summed E-state index contributed by atoms with van der Waals surface area (Å²) in [5.74, 6) is 2.21. The van der Waals surface area contributed by atoms with Crippen LogP contribution in [0.3, 0.4) is 0 Å². The van der Waals surface area contributed by atoms with E-state index < -0.39 is 0 Å². The second kappa shape index (κ2) is 9.32. The Bertz CT molecular complexity index is 956. The molecule has 0 atom stereocenters. The fourth-order valence-corrected chi connectivity index (χ4v) is 3.67. The first-order valence-electron chi connectivity index (χ1n) is 8.82. The highest BCUT2D eigenvalue weighted by Crippen LogP contribution is 2.31. The molecule has 6 nitrogen and oxygen atoms in total. The lowest BCUT2D eigenvalue weighted by molar-refractivity contribution is -0.113. The minimum atomic E-state index is -0.0763. The van der Waals surface area contributed by atoms with Crippen LogP contribution in [-0.2, 0) is 11.3 Å². The number of carbonyl (C=O) groups is 1. The fourth-order valence-electron chi connectivity index (χ4n) is 2.85. The average molecular weight is 398 g/mol. The number of ether oxygens (including phenoxy) is 2. The number of hydrogen-bond donors (Lipinski definition) is 1. The standard InChI is InChI=1S/C21H23N3O3S/c1-15-7-4-5-10-18(15)28-14-20(25)23-19-11-12-22-24(19)13-16-8-6-9-17(26-2)21(16)27-3/h4-12H,13-14H2,1-3H3,(H,23,25). The van der Waals surface area contributed by atoms with Crippen molar-refractivity contribution in [2.24, 2.45) is 0 Å². The quantitative estimate of drug-likeness (QED) is 0.582. The average Bonchev–Trinajstić information content (AvgIpc) is 3.13. The van der Waals surface area contributed by atoms with Crippen molar-refractivity contribution >= 4 is 23.5 Å². The summed E-state index contributed by atoms with van der Waals surface area (Å²) in [6.45, 7) is 2.49. The minimum Gasteiger partial charge on any atom is -0.493 e. The Labute approximate surface area is 168 Å². The molecule has 28 heavy (non-hydrogen) atoms. The number of aromatic nitrogens is 2. The Kier molecular flexibility index (Phi) is 6.60. The van der Waals surface area contributed by atoms with Crippen LogP contribution < -0.4 is 14.8 Å². The van der Waals surface area contributed by atoms with Gasteiger partial charge in [-0.3, -0.25) is 4.79 Å². The van der Waals surface area contributed by atoms with E-state index in [-0.39, 0.29) is 5.91 Å². The van der Waals surface area contributed by atoms with E-state index in [1.807, 2.05) is 49.4 Å². The van der Waals surface area contributed by atoms with Crippen LogP contribution >= 0.6 is 11.8 Å². The van der Waals surface area contributed by atoms with E-state index in [2.05, 4.69) is 10.4 Å². The molecule has 3 aromatic rings. The van der Waals surface area contributed by atoms with E-state index in [0.29, 0.717) is 29.6 Å². The number of hydrogen-bond acceptors (Lipinski definition) is 5. The molecular formula is C21H23N3O3S. The van der Waals surface area contributed by atoms with Crippen molar-refractivity contribution in [3.63, 3.8) is 0 Å². The van der Waals surface area contributed by atoms with Gasteiger partial charge in [0.15, 0.2) is 11.5 Å². The van der Waals surface area contributed by atoms with Crippen molar-refractivity contribution in [2.75, 3.05) is 25.3 Å². The maximum absolute atomic E-state index is 12.4. The highest BCUT2D eigenvalue weighted by atomic mass is 32.2. The SMILES string of the molecule is COc1cccc(Cn2nccc2NC(=O)CSc2ccccc2C)c1OC. The van der Waals surface area contributed by atoms with Gasteiger partial charge in [0.1, 0.15) is 5.82 Å². The Morgan fingerprint density at radius 3 is 2.68 bits per heavy atom. The summed E-state index contributed by atoms with van der Waals surface area (Å²) in [4.78, 5) is 13.5. The topological polar surface area (TPSA) is 65.4 Å². The lowest BCUT2D eigenvalue weighted by atomic mass is 10.2. The van der Waals surface area contributed by atoms with Crippen molar-refractivity contribution in [1.29, 1.82) is 0 Å². The number of thioether (sulfide) groups is 1. The second-order valence-electron chi connectivity index (χ2n) is 6.13. The fraction of sp³-hybridized carbons (Fsp3) is 0.238. The Morgan fingerprint density at radius 2 is 1.93 bits per heavy atom. The first-order valence-corrected chi connectivity index (χ1v) is 9.81. The zero-order chi connectivity index (χ0) is 19.9. The lowest BCUT2D eigenvalue weighted by Crippen LogP contribution is -2.18. The normalized spacial score (nSPS) is 10.5. The van der Waals surface area contributed by atoms with Gasteiger partial charge in [0.05, 0.1) is 32.7 Å². The van der Waals surface area contributed by atoms with E-state index >= 15 is 0 Å². The smallest absolute Gasteiger partial charge is 0.235 e. The molecule has 146 valence electrons. The van der Waals surface area contributed by atoms with E-state index in [1.54, 1.807) is 31.2 Å². The molecule has 1 N–H and O–H groups in total. The maximum Gasteiger partial charge on any atom is 0.235 e. The Morgan fingerprint density at radius 1 is 1.11 bits per heavy atom. The van der Waals surface area contributed by atoms with Crippen LogP contribution in [0.1, 0.15) is 11.1 Å². The molecule has 0 saturated carbocycles. The van der Waals surface area contributed by atoms with Crippen LogP contribution in [0, 0.1) is 6.92 Å². The van der Waals surface area contributed by atoms with Crippen LogP contribution in [0.4, 0.5) is 5.82 Å². The molecule has 1 heterocycles. The van der Waals surface area contributed by atoms with Crippen molar-refractivity contribution in [3.05, 3.63) is 65.9 Å². The molecule has 0 bridgehead atoms. The molecule has 0 aliphatic rings. The highest BCUT2D eigenvalue weighted by Gasteiger charge is 2.13. The number of carbonyl (C=O) groups excluding carboxylic acids is 1. The van der Waals surface area contributed by atoms with E-state index in [1.165, 1.54) is 11.8 Å². The molecule has 2 aromatic carbocycles. The van der Waals surface area contributed by atoms with E-state index in [0.717, 1.165) is 16.0 Å². The molecule has 0 saturated heterocycles. The highest BCUT2D eigenvalue weighted by molar-refractivity contribution is 8.00. The molecule has 1 aromatic heterocycles. The zero-order valence-electron chi connectivity index (χ0n) is 16.1. The van der Waals surface area contributed by atoms with Gasteiger partial charge >= 0.3 is 0 Å². The first kappa shape index (κ1) is 19.8. The predicted molar refractivity (Wildman–Crippen MR) is 111 cm³/mol. The Balaban J connectivity index is 1.67. The summed E-state index contributed by atoms with van der Waals surface area (Å²) in [6, 6.07) is 15.5. The van der Waals surface area contributed by atoms with Crippen molar-refractivity contribution in [3.8, 4) is 11.5 Å². The van der Waals surface area contributed by atoms with E-state index in [4.69, 9.17) is 9.47 Å². The molecular weight excluding hydrogens is 374 g/mol. The number of amides is 1. The summed E-state index contributed by atoms with van der Waals surface area (Å²) in [7, 11) is 3.21. The number of anilines is 1. The molecule has 0 spiro atoms. The number of rotatable bonds is 8. The number of nitrogens with zero attached hydrogens (tertiary/aromatic N) is 2. The van der Waals surface area contributed by atoms with Gasteiger partial charge in [-0.05, 0) is 24.6 Å². The van der Waals surface area contributed by atoms with Crippen LogP contribution in [0.2, 0.25) is 0 Å². The molecule has 7 heteroatoms. The van der Waals surface area contributed by atoms with Gasteiger partial charge < -0.3 is 14.8 Å². The van der Waals surface area contributed by atoms with Gasteiger partial charge in [-0.2, -0.15) is 5.10 Å². The van der Waals surface area contributed by atoms with Gasteiger partial charge in [0.2, 0.25) is 5.91 Å². The second-order valence-corrected chi connectivity index (χ2v) is 7.15. The van der Waals surface area contributed by atoms with Gasteiger partial charge in [0, 0.05) is 16.5 Å². The molecule has 3 rings (SSSR count). The number of methoxy groups -OCH3 is 2. The van der Waals surface area contributed by atoms with Crippen molar-refractivity contribution in [1.82, 2.24) is 9.78 Å². The summed E-state index contributed by atoms with van der Waals surface area (Å²) in [5, 5.41) is 7.26. The largest absolute Gasteiger partial charge is 0.493 e. The van der Waals surface area contributed by atoms with Gasteiger partial charge in [-0.25, -0.2) is 4.68 Å². The van der Waals surface area contributed by atoms with Crippen LogP contribution in [0.5, 0.6) is 11.5 Å². The summed E-state index contributed by atoms with van der Waals surface area (Å²) >= 11 is 1.52. The summed E-state index contributed by atoms with van der Waals surface area (Å²) in [6.07, 6.45) is 1.66. The lowest BCUT2D eigenvalue weighted by Gasteiger charge is -2.14. The third-order valence-corrected chi connectivity index (χ3v) is 5.42. The Hall–Kier alpha value is -2.93. The third-order valence-electron chi connectivity index (χ3n) is 4.24. The van der Waals surface area contributed by atoms with Gasteiger partial charge in [0.25, 0.3) is 0 Å². The maximum atomic E-state index is 12.4. The van der Waals surface area contributed by atoms with Crippen LogP contribution in [0.25, 0.3) is 0 Å². The number of aryl methyl sites for hydroxylation is 1. The van der Waals surface area contributed by atoms with Gasteiger partial charge in [-0.1, -0.05) is 30.3 Å². The van der Waals surface area contributed by atoms with Crippen molar-refractivity contribution in [2.45, 2.75) is 18.4 Å². The molecule has 0 fully saturated rings. The molecule has 0 aliphatic carbocycles. The zero-order valence-corrected chi connectivity index (χ0v) is 17.0. The monoisotopic (exact) mass is 397 g/mol. The molecule has 0 radical (unpaired) electrons.